The van der Waals surface area contributed by atoms with E-state index in [1.165, 1.54) is 4.70 Å². The minimum atomic E-state index is 0.780. The van der Waals surface area contributed by atoms with Gasteiger partial charge in [0.15, 0.2) is 5.13 Å². The Labute approximate surface area is 127 Å². The lowest BCUT2D eigenvalue weighted by Crippen LogP contribution is -2.38. The molecule has 0 spiro atoms. The number of anilines is 1. The number of morpholine rings is 1. The first-order valence-corrected chi connectivity index (χ1v) is 8.02. The van der Waals surface area contributed by atoms with Crippen LogP contribution < -0.4 is 5.32 Å². The van der Waals surface area contributed by atoms with E-state index in [1.807, 2.05) is 13.0 Å². The molecule has 0 aliphatic carbocycles. The number of fused-ring (bicyclic) bond motifs is 1. The molecule has 4 nitrogen and oxygen atoms in total. The number of aryl methyl sites for hydroxylation is 1. The van der Waals surface area contributed by atoms with E-state index >= 15 is 0 Å². The number of benzene rings is 1. The normalized spacial score (nSPS) is 16.7. The van der Waals surface area contributed by atoms with E-state index in [2.05, 4.69) is 21.3 Å². The van der Waals surface area contributed by atoms with E-state index < -0.39 is 0 Å². The zero-order chi connectivity index (χ0) is 13.9. The summed E-state index contributed by atoms with van der Waals surface area (Å²) in [6.07, 6.45) is 0. The predicted molar refractivity (Wildman–Crippen MR) is 85.1 cm³/mol. The number of nitrogens with zero attached hydrogens (tertiary/aromatic N) is 2. The molecule has 1 aromatic heterocycles. The van der Waals surface area contributed by atoms with Gasteiger partial charge in [-0.3, -0.25) is 4.90 Å². The van der Waals surface area contributed by atoms with Crippen molar-refractivity contribution in [3.05, 3.63) is 22.7 Å². The molecule has 1 saturated heterocycles. The van der Waals surface area contributed by atoms with Gasteiger partial charge in [0.25, 0.3) is 0 Å². The summed E-state index contributed by atoms with van der Waals surface area (Å²) in [6.45, 7) is 7.70. The van der Waals surface area contributed by atoms with Gasteiger partial charge in [-0.2, -0.15) is 0 Å². The molecule has 2 aromatic rings. The van der Waals surface area contributed by atoms with Crippen LogP contribution in [0.4, 0.5) is 5.13 Å². The molecule has 3 rings (SSSR count). The summed E-state index contributed by atoms with van der Waals surface area (Å²) in [7, 11) is 0. The number of rotatable bonds is 4. The Morgan fingerprint density at radius 3 is 3.00 bits per heavy atom. The summed E-state index contributed by atoms with van der Waals surface area (Å²) >= 11 is 7.81. The van der Waals surface area contributed by atoms with E-state index in [1.54, 1.807) is 11.3 Å². The minimum absolute atomic E-state index is 0.780. The third kappa shape index (κ3) is 3.23. The summed E-state index contributed by atoms with van der Waals surface area (Å²) in [4.78, 5) is 6.98. The Bertz CT molecular complexity index is 556. The van der Waals surface area contributed by atoms with Crippen molar-refractivity contribution in [3.8, 4) is 0 Å². The molecule has 0 radical (unpaired) electrons. The fraction of sp³-hybridized carbons (Fsp3) is 0.500. The highest BCUT2D eigenvalue weighted by atomic mass is 35.5. The maximum Gasteiger partial charge on any atom is 0.183 e. The standard InChI is InChI=1S/C14H18ClN3OS/c1-10-8-13-12(9-11(10)15)17-14(20-13)16-2-3-18-4-6-19-7-5-18/h8-9H,2-7H2,1H3,(H,16,17). The van der Waals surface area contributed by atoms with E-state index in [0.717, 1.165) is 60.6 Å². The zero-order valence-electron chi connectivity index (χ0n) is 11.5. The minimum Gasteiger partial charge on any atom is -0.379 e. The first kappa shape index (κ1) is 14.1. The van der Waals surface area contributed by atoms with Crippen LogP contribution in [0.1, 0.15) is 5.56 Å². The molecule has 108 valence electrons. The van der Waals surface area contributed by atoms with Crippen molar-refractivity contribution in [2.75, 3.05) is 44.7 Å². The van der Waals surface area contributed by atoms with Crippen molar-refractivity contribution >= 4 is 38.3 Å². The summed E-state index contributed by atoms with van der Waals surface area (Å²) in [6, 6.07) is 4.04. The Hall–Kier alpha value is -0.880. The summed E-state index contributed by atoms with van der Waals surface area (Å²) in [5.74, 6) is 0. The fourth-order valence-corrected chi connectivity index (χ4v) is 3.40. The molecule has 6 heteroatoms. The van der Waals surface area contributed by atoms with Gasteiger partial charge in [-0.1, -0.05) is 22.9 Å². The average Bonchev–Trinajstić information content (AvgIpc) is 2.82. The molecule has 1 aromatic carbocycles. The van der Waals surface area contributed by atoms with Gasteiger partial charge in [-0.05, 0) is 24.6 Å². The highest BCUT2D eigenvalue weighted by molar-refractivity contribution is 7.22. The van der Waals surface area contributed by atoms with E-state index in [0.29, 0.717) is 0 Å². The quantitative estimate of drug-likeness (QED) is 0.942. The van der Waals surface area contributed by atoms with Gasteiger partial charge < -0.3 is 10.1 Å². The van der Waals surface area contributed by atoms with Crippen molar-refractivity contribution in [2.24, 2.45) is 0 Å². The molecular formula is C14H18ClN3OS. The zero-order valence-corrected chi connectivity index (χ0v) is 13.1. The van der Waals surface area contributed by atoms with Crippen LogP contribution in [0.5, 0.6) is 0 Å². The first-order valence-electron chi connectivity index (χ1n) is 6.83. The molecule has 0 saturated carbocycles. The number of thiazole rings is 1. The Morgan fingerprint density at radius 1 is 1.40 bits per heavy atom. The van der Waals surface area contributed by atoms with Crippen LogP contribution in [-0.2, 0) is 4.74 Å². The Balaban J connectivity index is 1.60. The summed E-state index contributed by atoms with van der Waals surface area (Å²) in [5.41, 5.74) is 2.07. The van der Waals surface area contributed by atoms with Crippen LogP contribution in [0, 0.1) is 6.92 Å². The highest BCUT2D eigenvalue weighted by Crippen LogP contribution is 2.30. The van der Waals surface area contributed by atoms with Gasteiger partial charge in [0.1, 0.15) is 0 Å². The van der Waals surface area contributed by atoms with Crippen LogP contribution in [0.15, 0.2) is 12.1 Å². The second-order valence-electron chi connectivity index (χ2n) is 4.97. The fourth-order valence-electron chi connectivity index (χ4n) is 2.27. The van der Waals surface area contributed by atoms with E-state index in [9.17, 15) is 0 Å². The van der Waals surface area contributed by atoms with Gasteiger partial charge in [-0.15, -0.1) is 0 Å². The molecule has 2 heterocycles. The lowest BCUT2D eigenvalue weighted by molar-refractivity contribution is 0.0398. The molecule has 0 amide bonds. The van der Waals surface area contributed by atoms with Crippen LogP contribution >= 0.6 is 22.9 Å². The monoisotopic (exact) mass is 311 g/mol. The topological polar surface area (TPSA) is 37.4 Å². The van der Waals surface area contributed by atoms with Gasteiger partial charge in [0.05, 0.1) is 23.4 Å². The second-order valence-corrected chi connectivity index (χ2v) is 6.41. The average molecular weight is 312 g/mol. The van der Waals surface area contributed by atoms with Gasteiger partial charge in [-0.25, -0.2) is 4.98 Å². The smallest absolute Gasteiger partial charge is 0.183 e. The molecular weight excluding hydrogens is 294 g/mol. The third-order valence-electron chi connectivity index (χ3n) is 3.48. The number of nitrogens with one attached hydrogen (secondary N) is 1. The van der Waals surface area contributed by atoms with Crippen molar-refractivity contribution in [2.45, 2.75) is 6.92 Å². The van der Waals surface area contributed by atoms with Crippen molar-refractivity contribution in [1.29, 1.82) is 0 Å². The van der Waals surface area contributed by atoms with Gasteiger partial charge >= 0.3 is 0 Å². The third-order valence-corrected chi connectivity index (χ3v) is 4.86. The number of hydrogen-bond donors (Lipinski definition) is 1. The maximum atomic E-state index is 6.13. The lowest BCUT2D eigenvalue weighted by Gasteiger charge is -2.26. The molecule has 0 unspecified atom stereocenters. The molecule has 1 fully saturated rings. The van der Waals surface area contributed by atoms with Crippen LogP contribution in [-0.4, -0.2) is 49.3 Å². The molecule has 1 N–H and O–H groups in total. The number of hydrogen-bond acceptors (Lipinski definition) is 5. The molecule has 1 aliphatic heterocycles. The van der Waals surface area contributed by atoms with Gasteiger partial charge in [0, 0.05) is 31.2 Å². The van der Waals surface area contributed by atoms with Crippen molar-refractivity contribution in [1.82, 2.24) is 9.88 Å². The predicted octanol–water partition coefficient (Wildman–Crippen LogP) is 3.00. The molecule has 0 atom stereocenters. The second kappa shape index (κ2) is 6.26. The van der Waals surface area contributed by atoms with Crippen molar-refractivity contribution < 1.29 is 4.74 Å². The molecule has 1 aliphatic rings. The van der Waals surface area contributed by atoms with Crippen LogP contribution in [0.2, 0.25) is 5.02 Å². The summed E-state index contributed by atoms with van der Waals surface area (Å²) in [5, 5.41) is 5.15. The number of ether oxygens (including phenoxy) is 1. The SMILES string of the molecule is Cc1cc2sc(NCCN3CCOCC3)nc2cc1Cl. The van der Waals surface area contributed by atoms with Crippen LogP contribution in [0.3, 0.4) is 0 Å². The lowest BCUT2D eigenvalue weighted by atomic mass is 10.2. The number of aromatic nitrogens is 1. The first-order chi connectivity index (χ1) is 9.72. The Morgan fingerprint density at radius 2 is 2.20 bits per heavy atom. The van der Waals surface area contributed by atoms with Crippen LogP contribution in [0.25, 0.3) is 10.2 Å². The number of halogens is 1. The highest BCUT2D eigenvalue weighted by Gasteiger charge is 2.10. The van der Waals surface area contributed by atoms with E-state index in [4.69, 9.17) is 16.3 Å². The Kier molecular flexibility index (Phi) is 4.41. The molecule has 0 bridgehead atoms. The maximum absolute atomic E-state index is 6.13. The summed E-state index contributed by atoms with van der Waals surface area (Å²) < 4.78 is 6.52. The van der Waals surface area contributed by atoms with E-state index in [-0.39, 0.29) is 0 Å². The van der Waals surface area contributed by atoms with Crippen molar-refractivity contribution in [3.63, 3.8) is 0 Å². The molecule has 20 heavy (non-hydrogen) atoms. The largest absolute Gasteiger partial charge is 0.379 e. The van der Waals surface area contributed by atoms with Gasteiger partial charge in [0.2, 0.25) is 0 Å².